The van der Waals surface area contributed by atoms with Gasteiger partial charge in [-0.3, -0.25) is 0 Å². The maximum absolute atomic E-state index is 13.3. The minimum Gasteiger partial charge on any atom is -0.396 e. The molecule has 0 amide bonds. The molecule has 0 aliphatic rings. The van der Waals surface area contributed by atoms with E-state index in [1.54, 1.807) is 13.0 Å². The molecule has 1 aromatic carbocycles. The van der Waals surface area contributed by atoms with E-state index in [1.165, 1.54) is 18.2 Å². The second-order valence-electron chi connectivity index (χ2n) is 3.99. The Bertz CT molecular complexity index is 462. The smallest absolute Gasteiger partial charge is 0.215 e. The molecule has 0 fully saturated rings. The molecule has 0 aliphatic carbocycles. The number of aliphatic hydroxyl groups excluding tert-OH is 1. The lowest BCUT2D eigenvalue weighted by Gasteiger charge is -2.10. The molecule has 0 spiro atoms. The van der Waals surface area contributed by atoms with Crippen LogP contribution in [0.25, 0.3) is 0 Å². The normalized spacial score (nSPS) is 13.6. The predicted molar refractivity (Wildman–Crippen MR) is 63.3 cm³/mol. The number of aliphatic hydroxyl groups is 1. The Morgan fingerprint density at radius 2 is 2.06 bits per heavy atom. The van der Waals surface area contributed by atoms with Crippen molar-refractivity contribution < 1.29 is 17.9 Å². The van der Waals surface area contributed by atoms with Crippen molar-refractivity contribution >= 4 is 10.0 Å². The molecule has 0 heterocycles. The second-order valence-corrected chi connectivity index (χ2v) is 5.79. The number of hydrogen-bond acceptors (Lipinski definition) is 3. The first-order valence-electron chi connectivity index (χ1n) is 5.26. The SMILES string of the molecule is C[C@H](CO)CNS(=O)(=O)Cc1ccccc1F. The van der Waals surface area contributed by atoms with Gasteiger partial charge < -0.3 is 5.11 Å². The van der Waals surface area contributed by atoms with Crippen molar-refractivity contribution in [3.63, 3.8) is 0 Å². The minimum absolute atomic E-state index is 0.0950. The Kier molecular flexibility index (Phi) is 5.04. The first-order chi connectivity index (χ1) is 7.94. The molecule has 0 aromatic heterocycles. The van der Waals surface area contributed by atoms with Crippen LogP contribution in [0.2, 0.25) is 0 Å². The summed E-state index contributed by atoms with van der Waals surface area (Å²) in [6.07, 6.45) is 0. The number of sulfonamides is 1. The fourth-order valence-corrected chi connectivity index (χ4v) is 2.49. The molecule has 0 bridgehead atoms. The summed E-state index contributed by atoms with van der Waals surface area (Å²) in [4.78, 5) is 0. The maximum atomic E-state index is 13.3. The van der Waals surface area contributed by atoms with E-state index >= 15 is 0 Å². The molecule has 0 saturated carbocycles. The van der Waals surface area contributed by atoms with Crippen LogP contribution in [-0.4, -0.2) is 26.7 Å². The van der Waals surface area contributed by atoms with Crippen LogP contribution in [0.4, 0.5) is 4.39 Å². The van der Waals surface area contributed by atoms with Crippen molar-refractivity contribution in [2.75, 3.05) is 13.2 Å². The third kappa shape index (κ3) is 4.80. The van der Waals surface area contributed by atoms with Gasteiger partial charge in [-0.05, 0) is 12.0 Å². The van der Waals surface area contributed by atoms with E-state index in [0.717, 1.165) is 0 Å². The monoisotopic (exact) mass is 261 g/mol. The van der Waals surface area contributed by atoms with E-state index in [-0.39, 0.29) is 24.6 Å². The predicted octanol–water partition coefficient (Wildman–Crippen LogP) is 0.873. The first kappa shape index (κ1) is 14.1. The van der Waals surface area contributed by atoms with Gasteiger partial charge in [0.1, 0.15) is 5.82 Å². The number of nitrogens with one attached hydrogen (secondary N) is 1. The van der Waals surface area contributed by atoms with E-state index in [2.05, 4.69) is 4.72 Å². The van der Waals surface area contributed by atoms with Gasteiger partial charge in [-0.15, -0.1) is 0 Å². The Morgan fingerprint density at radius 1 is 1.41 bits per heavy atom. The Morgan fingerprint density at radius 3 is 2.65 bits per heavy atom. The molecular formula is C11H16FNO3S. The summed E-state index contributed by atoms with van der Waals surface area (Å²) in [5.41, 5.74) is 0.136. The molecule has 1 rings (SSSR count). The van der Waals surface area contributed by atoms with Crippen LogP contribution in [0, 0.1) is 11.7 Å². The Labute approximate surface area is 101 Å². The molecule has 0 saturated heterocycles. The van der Waals surface area contributed by atoms with E-state index in [4.69, 9.17) is 5.11 Å². The fraction of sp³-hybridized carbons (Fsp3) is 0.455. The van der Waals surface area contributed by atoms with Gasteiger partial charge in [-0.1, -0.05) is 25.1 Å². The summed E-state index contributed by atoms with van der Waals surface area (Å²) in [6.45, 7) is 1.77. The maximum Gasteiger partial charge on any atom is 0.215 e. The lowest BCUT2D eigenvalue weighted by Crippen LogP contribution is -2.30. The van der Waals surface area contributed by atoms with Crippen molar-refractivity contribution in [1.29, 1.82) is 0 Å². The molecule has 17 heavy (non-hydrogen) atoms. The zero-order chi connectivity index (χ0) is 12.9. The highest BCUT2D eigenvalue weighted by molar-refractivity contribution is 7.88. The van der Waals surface area contributed by atoms with Gasteiger partial charge in [0.05, 0.1) is 5.75 Å². The summed E-state index contributed by atoms with van der Waals surface area (Å²) in [7, 11) is -3.56. The molecule has 6 heteroatoms. The standard InChI is InChI=1S/C11H16FNO3S/c1-9(7-14)6-13-17(15,16)8-10-4-2-3-5-11(10)12/h2-5,9,13-14H,6-8H2,1H3/t9-/m0/s1. The van der Waals surface area contributed by atoms with Crippen LogP contribution in [0.15, 0.2) is 24.3 Å². The molecule has 2 N–H and O–H groups in total. The van der Waals surface area contributed by atoms with Gasteiger partial charge in [0.25, 0.3) is 0 Å². The zero-order valence-electron chi connectivity index (χ0n) is 9.56. The van der Waals surface area contributed by atoms with Crippen molar-refractivity contribution in [2.45, 2.75) is 12.7 Å². The molecular weight excluding hydrogens is 245 g/mol. The van der Waals surface area contributed by atoms with Crippen molar-refractivity contribution in [1.82, 2.24) is 4.72 Å². The molecule has 0 aliphatic heterocycles. The van der Waals surface area contributed by atoms with Crippen LogP contribution in [-0.2, 0) is 15.8 Å². The van der Waals surface area contributed by atoms with Crippen LogP contribution >= 0.6 is 0 Å². The number of rotatable bonds is 6. The van der Waals surface area contributed by atoms with Gasteiger partial charge >= 0.3 is 0 Å². The van der Waals surface area contributed by atoms with Crippen LogP contribution in [0.3, 0.4) is 0 Å². The van der Waals surface area contributed by atoms with E-state index in [1.807, 2.05) is 0 Å². The van der Waals surface area contributed by atoms with Gasteiger partial charge in [-0.25, -0.2) is 17.5 Å². The highest BCUT2D eigenvalue weighted by Crippen LogP contribution is 2.10. The van der Waals surface area contributed by atoms with E-state index in [0.29, 0.717) is 0 Å². The summed E-state index contributed by atoms with van der Waals surface area (Å²) < 4.78 is 38.8. The van der Waals surface area contributed by atoms with Gasteiger partial charge in [0.15, 0.2) is 0 Å². The highest BCUT2D eigenvalue weighted by atomic mass is 32.2. The molecule has 0 unspecified atom stereocenters. The molecule has 1 aromatic rings. The Hall–Kier alpha value is -0.980. The van der Waals surface area contributed by atoms with E-state index < -0.39 is 21.6 Å². The van der Waals surface area contributed by atoms with Crippen molar-refractivity contribution in [3.05, 3.63) is 35.6 Å². The Balaban J connectivity index is 2.64. The fourth-order valence-electron chi connectivity index (χ4n) is 1.20. The molecule has 96 valence electrons. The topological polar surface area (TPSA) is 66.4 Å². The third-order valence-electron chi connectivity index (χ3n) is 2.27. The van der Waals surface area contributed by atoms with E-state index in [9.17, 15) is 12.8 Å². The average molecular weight is 261 g/mol. The lowest BCUT2D eigenvalue weighted by atomic mass is 10.2. The van der Waals surface area contributed by atoms with Crippen LogP contribution in [0.5, 0.6) is 0 Å². The molecule has 1 atom stereocenters. The zero-order valence-corrected chi connectivity index (χ0v) is 10.4. The van der Waals surface area contributed by atoms with Crippen LogP contribution < -0.4 is 4.72 Å². The number of benzene rings is 1. The summed E-state index contributed by atoms with van der Waals surface area (Å²) >= 11 is 0. The summed E-state index contributed by atoms with van der Waals surface area (Å²) in [5.74, 6) is -1.09. The van der Waals surface area contributed by atoms with Gasteiger partial charge in [0.2, 0.25) is 10.0 Å². The average Bonchev–Trinajstić information content (AvgIpc) is 2.29. The lowest BCUT2D eigenvalue weighted by molar-refractivity contribution is 0.238. The van der Waals surface area contributed by atoms with Gasteiger partial charge in [0, 0.05) is 18.7 Å². The quantitative estimate of drug-likeness (QED) is 0.798. The minimum atomic E-state index is -3.56. The summed E-state index contributed by atoms with van der Waals surface area (Å²) in [5, 5.41) is 8.77. The van der Waals surface area contributed by atoms with Gasteiger partial charge in [-0.2, -0.15) is 0 Å². The number of halogens is 1. The molecule has 0 radical (unpaired) electrons. The first-order valence-corrected chi connectivity index (χ1v) is 6.91. The van der Waals surface area contributed by atoms with Crippen molar-refractivity contribution in [2.24, 2.45) is 5.92 Å². The summed E-state index contributed by atoms with van der Waals surface area (Å²) in [6, 6.07) is 5.75. The largest absolute Gasteiger partial charge is 0.396 e. The second kappa shape index (κ2) is 6.09. The van der Waals surface area contributed by atoms with Crippen LogP contribution in [0.1, 0.15) is 12.5 Å². The molecule has 4 nitrogen and oxygen atoms in total. The number of hydrogen-bond donors (Lipinski definition) is 2. The third-order valence-corrected chi connectivity index (χ3v) is 3.56. The highest BCUT2D eigenvalue weighted by Gasteiger charge is 2.14. The van der Waals surface area contributed by atoms with Crippen molar-refractivity contribution in [3.8, 4) is 0 Å².